The van der Waals surface area contributed by atoms with Crippen LogP contribution in [0.5, 0.6) is 0 Å². The number of rotatable bonds is 5. The average molecular weight is 283 g/mol. The van der Waals surface area contributed by atoms with E-state index >= 15 is 0 Å². The smallest absolute Gasteiger partial charge is 0.240 e. The van der Waals surface area contributed by atoms with Crippen LogP contribution < -0.4 is 10.5 Å². The van der Waals surface area contributed by atoms with E-state index in [1.54, 1.807) is 12.1 Å². The van der Waals surface area contributed by atoms with Crippen molar-refractivity contribution in [3.05, 3.63) is 24.3 Å². The summed E-state index contributed by atoms with van der Waals surface area (Å²) < 4.78 is 26.9. The van der Waals surface area contributed by atoms with Crippen LogP contribution in [0.25, 0.3) is 0 Å². The summed E-state index contributed by atoms with van der Waals surface area (Å²) in [5.41, 5.74) is 6.12. The maximum Gasteiger partial charge on any atom is 0.240 e. The summed E-state index contributed by atoms with van der Waals surface area (Å²) in [4.78, 5) is 2.58. The SMILES string of the molecule is CCN1CCC[C@@H]1CNS(=O)(=O)c1ccc(N)cc1. The van der Waals surface area contributed by atoms with Gasteiger partial charge in [-0.05, 0) is 50.2 Å². The fraction of sp³-hybridized carbons (Fsp3) is 0.538. The second kappa shape index (κ2) is 5.90. The Morgan fingerprint density at radius 1 is 1.37 bits per heavy atom. The van der Waals surface area contributed by atoms with E-state index in [2.05, 4.69) is 16.5 Å². The molecule has 106 valence electrons. The highest BCUT2D eigenvalue weighted by Crippen LogP contribution is 2.17. The van der Waals surface area contributed by atoms with Gasteiger partial charge in [-0.3, -0.25) is 4.90 Å². The Balaban J connectivity index is 2.00. The maximum absolute atomic E-state index is 12.1. The lowest BCUT2D eigenvalue weighted by molar-refractivity contribution is 0.268. The highest BCUT2D eigenvalue weighted by atomic mass is 32.2. The molecule has 6 heteroatoms. The van der Waals surface area contributed by atoms with Crippen LogP contribution in [0, 0.1) is 0 Å². The standard InChI is InChI=1S/C13H21N3O2S/c1-2-16-9-3-4-12(16)10-15-19(17,18)13-7-5-11(14)6-8-13/h5-8,12,15H,2-4,9-10,14H2,1H3/t12-/m1/s1. The van der Waals surface area contributed by atoms with Gasteiger partial charge in [0.15, 0.2) is 0 Å². The molecule has 0 radical (unpaired) electrons. The lowest BCUT2D eigenvalue weighted by Gasteiger charge is -2.22. The molecule has 1 aliphatic rings. The van der Waals surface area contributed by atoms with E-state index in [1.807, 2.05) is 0 Å². The summed E-state index contributed by atoms with van der Waals surface area (Å²) in [6.07, 6.45) is 2.19. The molecule has 3 N–H and O–H groups in total. The zero-order valence-electron chi connectivity index (χ0n) is 11.2. The topological polar surface area (TPSA) is 75.4 Å². The number of likely N-dealkylation sites (N-methyl/N-ethyl adjacent to an activating group) is 1. The van der Waals surface area contributed by atoms with E-state index in [0.717, 1.165) is 25.9 Å². The Morgan fingerprint density at radius 2 is 2.05 bits per heavy atom. The fourth-order valence-electron chi connectivity index (χ4n) is 2.48. The molecule has 0 aliphatic carbocycles. The number of benzene rings is 1. The van der Waals surface area contributed by atoms with Gasteiger partial charge in [0.05, 0.1) is 4.90 Å². The molecule has 1 heterocycles. The Bertz CT molecular complexity index is 513. The Kier molecular flexibility index (Phi) is 4.44. The summed E-state index contributed by atoms with van der Waals surface area (Å²) in [5, 5.41) is 0. The van der Waals surface area contributed by atoms with Crippen molar-refractivity contribution in [2.45, 2.75) is 30.7 Å². The minimum absolute atomic E-state index is 0.266. The number of likely N-dealkylation sites (tertiary alicyclic amines) is 1. The predicted molar refractivity (Wildman–Crippen MR) is 76.3 cm³/mol. The van der Waals surface area contributed by atoms with Crippen molar-refractivity contribution in [3.8, 4) is 0 Å². The van der Waals surface area contributed by atoms with Crippen LogP contribution in [0.1, 0.15) is 19.8 Å². The monoisotopic (exact) mass is 283 g/mol. The quantitative estimate of drug-likeness (QED) is 0.792. The van der Waals surface area contributed by atoms with Crippen molar-refractivity contribution >= 4 is 15.7 Å². The minimum atomic E-state index is -3.43. The average Bonchev–Trinajstić information content (AvgIpc) is 2.84. The number of anilines is 1. The second-order valence-electron chi connectivity index (χ2n) is 4.85. The molecule has 1 aromatic carbocycles. The van der Waals surface area contributed by atoms with Crippen LogP contribution in [0.4, 0.5) is 5.69 Å². The van der Waals surface area contributed by atoms with E-state index < -0.39 is 10.0 Å². The van der Waals surface area contributed by atoms with Gasteiger partial charge in [-0.2, -0.15) is 0 Å². The van der Waals surface area contributed by atoms with E-state index in [-0.39, 0.29) is 4.90 Å². The number of hydrogen-bond acceptors (Lipinski definition) is 4. The molecule has 1 saturated heterocycles. The number of nitrogens with zero attached hydrogens (tertiary/aromatic N) is 1. The molecule has 1 aliphatic heterocycles. The van der Waals surface area contributed by atoms with Gasteiger partial charge in [-0.25, -0.2) is 13.1 Å². The summed E-state index contributed by atoms with van der Waals surface area (Å²) in [5.74, 6) is 0. The third-order valence-corrected chi connectivity index (χ3v) is 5.04. The van der Waals surface area contributed by atoms with Gasteiger partial charge in [-0.15, -0.1) is 0 Å². The van der Waals surface area contributed by atoms with Gasteiger partial charge in [0.1, 0.15) is 0 Å². The fourth-order valence-corrected chi connectivity index (χ4v) is 3.55. The molecule has 0 spiro atoms. The van der Waals surface area contributed by atoms with E-state index in [4.69, 9.17) is 5.73 Å². The first-order chi connectivity index (χ1) is 9.03. The number of sulfonamides is 1. The zero-order valence-corrected chi connectivity index (χ0v) is 12.0. The zero-order chi connectivity index (χ0) is 13.9. The van der Waals surface area contributed by atoms with Crippen molar-refractivity contribution in [3.63, 3.8) is 0 Å². The summed E-state index contributed by atoms with van der Waals surface area (Å²) >= 11 is 0. The lowest BCUT2D eigenvalue weighted by atomic mass is 10.2. The van der Waals surface area contributed by atoms with Gasteiger partial charge in [-0.1, -0.05) is 6.92 Å². The summed E-state index contributed by atoms with van der Waals surface area (Å²) in [6.45, 7) is 4.60. The van der Waals surface area contributed by atoms with Crippen LogP contribution >= 0.6 is 0 Å². The molecule has 1 fully saturated rings. The second-order valence-corrected chi connectivity index (χ2v) is 6.61. The van der Waals surface area contributed by atoms with Gasteiger partial charge >= 0.3 is 0 Å². The lowest BCUT2D eigenvalue weighted by Crippen LogP contribution is -2.39. The first-order valence-electron chi connectivity index (χ1n) is 6.62. The van der Waals surface area contributed by atoms with Crippen molar-refractivity contribution < 1.29 is 8.42 Å². The third kappa shape index (κ3) is 3.46. The van der Waals surface area contributed by atoms with Crippen LogP contribution in [-0.4, -0.2) is 39.0 Å². The molecule has 5 nitrogen and oxygen atoms in total. The molecule has 0 bridgehead atoms. The number of hydrogen-bond donors (Lipinski definition) is 2. The first-order valence-corrected chi connectivity index (χ1v) is 8.10. The largest absolute Gasteiger partial charge is 0.399 e. The predicted octanol–water partition coefficient (Wildman–Crippen LogP) is 1.03. The van der Waals surface area contributed by atoms with Crippen molar-refractivity contribution in [1.29, 1.82) is 0 Å². The molecule has 0 amide bonds. The number of nitrogens with two attached hydrogens (primary N) is 1. The highest BCUT2D eigenvalue weighted by molar-refractivity contribution is 7.89. The first kappa shape index (κ1) is 14.3. The highest BCUT2D eigenvalue weighted by Gasteiger charge is 2.24. The Morgan fingerprint density at radius 3 is 2.68 bits per heavy atom. The molecule has 0 saturated carbocycles. The van der Waals surface area contributed by atoms with E-state index in [9.17, 15) is 8.42 Å². The van der Waals surface area contributed by atoms with Crippen LogP contribution in [0.2, 0.25) is 0 Å². The maximum atomic E-state index is 12.1. The van der Waals surface area contributed by atoms with Crippen molar-refractivity contribution in [2.24, 2.45) is 0 Å². The normalized spacial score (nSPS) is 20.8. The van der Waals surface area contributed by atoms with Crippen LogP contribution in [0.3, 0.4) is 0 Å². The van der Waals surface area contributed by atoms with E-state index in [0.29, 0.717) is 18.3 Å². The molecule has 1 aromatic rings. The summed E-state index contributed by atoms with van der Waals surface area (Å²) in [7, 11) is -3.43. The van der Waals surface area contributed by atoms with E-state index in [1.165, 1.54) is 12.1 Å². The Labute approximate surface area is 114 Å². The molecular weight excluding hydrogens is 262 g/mol. The van der Waals surface area contributed by atoms with Crippen LogP contribution in [0.15, 0.2) is 29.2 Å². The molecule has 0 unspecified atom stereocenters. The molecule has 1 atom stereocenters. The molecule has 0 aromatic heterocycles. The molecule has 2 rings (SSSR count). The molecule has 19 heavy (non-hydrogen) atoms. The van der Waals surface area contributed by atoms with Crippen LogP contribution in [-0.2, 0) is 10.0 Å². The summed E-state index contributed by atoms with van der Waals surface area (Å²) in [6, 6.07) is 6.58. The molecular formula is C13H21N3O2S. The Hall–Kier alpha value is -1.11. The van der Waals surface area contributed by atoms with Crippen molar-refractivity contribution in [2.75, 3.05) is 25.4 Å². The minimum Gasteiger partial charge on any atom is -0.399 e. The van der Waals surface area contributed by atoms with Crippen molar-refractivity contribution in [1.82, 2.24) is 9.62 Å². The van der Waals surface area contributed by atoms with Gasteiger partial charge in [0.2, 0.25) is 10.0 Å². The van der Waals surface area contributed by atoms with Gasteiger partial charge in [0, 0.05) is 18.3 Å². The number of nitrogen functional groups attached to an aromatic ring is 1. The third-order valence-electron chi connectivity index (χ3n) is 3.60. The van der Waals surface area contributed by atoms with Gasteiger partial charge < -0.3 is 5.73 Å². The van der Waals surface area contributed by atoms with Gasteiger partial charge in [0.25, 0.3) is 0 Å². The number of nitrogens with one attached hydrogen (secondary N) is 1.